The molecule has 2 heterocycles. The maximum Gasteiger partial charge on any atom is 1.00 e. The topological polar surface area (TPSA) is 132 Å². The Balaban J connectivity index is 0.00000432. The molecule has 0 unspecified atom stereocenters. The van der Waals surface area contributed by atoms with Gasteiger partial charge in [-0.15, -0.1) is 0 Å². The number of nitriles is 1. The summed E-state index contributed by atoms with van der Waals surface area (Å²) < 4.78 is 33.4. The van der Waals surface area contributed by atoms with Gasteiger partial charge in [-0.25, -0.2) is 18.2 Å². The number of aryl methyl sites for hydroxylation is 2. The first-order valence-corrected chi connectivity index (χ1v) is 12.6. The van der Waals surface area contributed by atoms with Gasteiger partial charge in [0.05, 0.1) is 45.1 Å². The van der Waals surface area contributed by atoms with E-state index < -0.39 is 27.8 Å². The van der Waals surface area contributed by atoms with Crippen molar-refractivity contribution >= 4 is 27.7 Å². The minimum atomic E-state index is -3.93. The molecule has 0 N–H and O–H groups in total. The molecular formula is C24H27N4NaO5S. The number of carbonyl (C=O) groups excluding carboxylic acids is 2. The number of nitrogens with zero attached hydrogens (tertiary/aromatic N) is 4. The summed E-state index contributed by atoms with van der Waals surface area (Å²) >= 11 is 0. The number of ether oxygens (including phenoxy) is 1. The zero-order valence-electron chi connectivity index (χ0n) is 20.4. The smallest absolute Gasteiger partial charge is 0.545 e. The summed E-state index contributed by atoms with van der Waals surface area (Å²) in [5, 5.41) is 9.58. The van der Waals surface area contributed by atoms with Gasteiger partial charge in [-0.05, 0) is 45.2 Å². The minimum absolute atomic E-state index is 0. The molecule has 0 aliphatic carbocycles. The summed E-state index contributed by atoms with van der Waals surface area (Å²) in [6, 6.07) is 10.6. The van der Waals surface area contributed by atoms with Gasteiger partial charge in [0.25, 0.3) is 0 Å². The van der Waals surface area contributed by atoms with Crippen molar-refractivity contribution in [2.24, 2.45) is 5.92 Å². The van der Waals surface area contributed by atoms with Gasteiger partial charge in [0.2, 0.25) is 0 Å². The summed E-state index contributed by atoms with van der Waals surface area (Å²) in [6.45, 7) is 6.31. The van der Waals surface area contributed by atoms with E-state index in [0.29, 0.717) is 43.0 Å². The molecule has 1 aliphatic rings. The number of sulfonamides is 1. The molecule has 0 radical (unpaired) electrons. The number of benzene rings is 1. The van der Waals surface area contributed by atoms with E-state index in [-0.39, 0.29) is 53.0 Å². The van der Waals surface area contributed by atoms with Gasteiger partial charge in [-0.2, -0.15) is 5.26 Å². The van der Waals surface area contributed by atoms with Gasteiger partial charge >= 0.3 is 35.5 Å². The van der Waals surface area contributed by atoms with Crippen molar-refractivity contribution in [3.8, 4) is 6.07 Å². The van der Waals surface area contributed by atoms with Crippen LogP contribution in [0.2, 0.25) is 0 Å². The number of pyridine rings is 1. The van der Waals surface area contributed by atoms with E-state index in [4.69, 9.17) is 4.74 Å². The Bertz CT molecular complexity index is 1220. The monoisotopic (exact) mass is 506 g/mol. The number of piperidine rings is 1. The average molecular weight is 507 g/mol. The van der Waals surface area contributed by atoms with Crippen LogP contribution in [0.1, 0.15) is 52.5 Å². The van der Waals surface area contributed by atoms with Crippen LogP contribution < -0.4 is 34.5 Å². The largest absolute Gasteiger partial charge is 1.00 e. The van der Waals surface area contributed by atoms with E-state index in [1.165, 1.54) is 6.07 Å². The Labute approximate surface area is 228 Å². The van der Waals surface area contributed by atoms with E-state index in [1.807, 2.05) is 24.0 Å². The summed E-state index contributed by atoms with van der Waals surface area (Å²) in [5.74, 6) is -1.58. The number of amides is 1. The zero-order chi connectivity index (χ0) is 24.9. The standard InChI is InChI=1S/C24H28N4O5S.Na/c1-4-33-24(30)21-13-20(14-25)22(26-17(21)3)28-11-9-19(10-12-28)23(29)27-34(31,32)15-18-7-5-16(2)6-8-18;/h5-8,13,19H,4,9-12,15H2,1-3H3,(H,27,29);/q;+1/p-1. The van der Waals surface area contributed by atoms with Crippen molar-refractivity contribution in [1.82, 2.24) is 4.98 Å². The third kappa shape index (κ3) is 7.51. The van der Waals surface area contributed by atoms with Crippen LogP contribution in [-0.4, -0.2) is 45.0 Å². The van der Waals surface area contributed by atoms with Crippen molar-refractivity contribution < 1.29 is 52.3 Å². The molecule has 9 nitrogen and oxygen atoms in total. The fourth-order valence-electron chi connectivity index (χ4n) is 3.81. The van der Waals surface area contributed by atoms with Crippen LogP contribution in [0.4, 0.5) is 5.82 Å². The number of anilines is 1. The summed E-state index contributed by atoms with van der Waals surface area (Å²) in [6.07, 6.45) is 0.765. The molecular weight excluding hydrogens is 479 g/mol. The maximum atomic E-state index is 12.6. The van der Waals surface area contributed by atoms with E-state index in [0.717, 1.165) is 5.56 Å². The third-order valence-electron chi connectivity index (χ3n) is 5.65. The quantitative estimate of drug-likeness (QED) is 0.389. The minimum Gasteiger partial charge on any atom is -0.545 e. The van der Waals surface area contributed by atoms with Crippen molar-refractivity contribution in [3.63, 3.8) is 0 Å². The number of hydrogen-bond donors (Lipinski definition) is 0. The first kappa shape index (κ1) is 28.8. The molecule has 2 aromatic rings. The number of carbonyl (C=O) groups is 2. The molecule has 0 bridgehead atoms. The molecule has 1 aliphatic heterocycles. The van der Waals surface area contributed by atoms with Gasteiger partial charge < -0.3 is 19.2 Å². The van der Waals surface area contributed by atoms with E-state index >= 15 is 0 Å². The van der Waals surface area contributed by atoms with Gasteiger partial charge in [-0.1, -0.05) is 29.8 Å². The Morgan fingerprint density at radius 2 is 1.83 bits per heavy atom. The first-order valence-electron chi connectivity index (χ1n) is 11.0. The number of rotatable bonds is 7. The molecule has 35 heavy (non-hydrogen) atoms. The number of aromatic nitrogens is 1. The second-order valence-corrected chi connectivity index (χ2v) is 9.86. The van der Waals surface area contributed by atoms with E-state index in [1.54, 1.807) is 26.0 Å². The van der Waals surface area contributed by atoms with Crippen LogP contribution in [-0.2, 0) is 25.3 Å². The molecule has 1 aromatic heterocycles. The molecule has 3 rings (SSSR count). The Kier molecular flexibility index (Phi) is 10.3. The van der Waals surface area contributed by atoms with Gasteiger partial charge in [-0.3, -0.25) is 0 Å². The van der Waals surface area contributed by atoms with Crippen molar-refractivity contribution in [3.05, 3.63) is 63.0 Å². The fraction of sp³-hybridized carbons (Fsp3) is 0.417. The molecule has 0 saturated carbocycles. The number of hydrogen-bond acceptors (Lipinski definition) is 8. The molecule has 11 heteroatoms. The Morgan fingerprint density at radius 1 is 1.20 bits per heavy atom. The van der Waals surface area contributed by atoms with Gasteiger partial charge in [0, 0.05) is 19.0 Å². The summed E-state index contributed by atoms with van der Waals surface area (Å²) in [4.78, 5) is 31.0. The van der Waals surface area contributed by atoms with Gasteiger partial charge in [0.1, 0.15) is 11.9 Å². The second kappa shape index (κ2) is 12.5. The molecule has 180 valence electrons. The third-order valence-corrected chi connectivity index (χ3v) is 6.81. The number of esters is 1. The SMILES string of the molecule is CCOC(=O)c1cc(C#N)c(N2CCC(C(=O)[N-]S(=O)(=O)Cc3ccc(C)cc3)CC2)nc1C.[Na+]. The maximum absolute atomic E-state index is 12.6. The van der Waals surface area contributed by atoms with Crippen LogP contribution in [0.25, 0.3) is 4.72 Å². The summed E-state index contributed by atoms with van der Waals surface area (Å²) in [5.41, 5.74) is 2.52. The van der Waals surface area contributed by atoms with Crippen LogP contribution in [0, 0.1) is 31.1 Å². The summed E-state index contributed by atoms with van der Waals surface area (Å²) in [7, 11) is -3.93. The Morgan fingerprint density at radius 3 is 2.40 bits per heavy atom. The van der Waals surface area contributed by atoms with E-state index in [2.05, 4.69) is 15.8 Å². The second-order valence-electron chi connectivity index (χ2n) is 8.23. The molecule has 0 atom stereocenters. The predicted molar refractivity (Wildman–Crippen MR) is 127 cm³/mol. The zero-order valence-corrected chi connectivity index (χ0v) is 23.3. The van der Waals surface area contributed by atoms with Gasteiger partial charge in [0.15, 0.2) is 0 Å². The van der Waals surface area contributed by atoms with Crippen LogP contribution in [0.15, 0.2) is 30.3 Å². The molecule has 0 spiro atoms. The van der Waals surface area contributed by atoms with Crippen LogP contribution in [0.5, 0.6) is 0 Å². The molecule has 1 fully saturated rings. The van der Waals surface area contributed by atoms with Crippen molar-refractivity contribution in [2.45, 2.75) is 39.4 Å². The van der Waals surface area contributed by atoms with E-state index in [9.17, 15) is 23.3 Å². The van der Waals surface area contributed by atoms with Crippen molar-refractivity contribution in [1.29, 1.82) is 5.26 Å². The van der Waals surface area contributed by atoms with Crippen molar-refractivity contribution in [2.75, 3.05) is 24.6 Å². The molecule has 1 amide bonds. The average Bonchev–Trinajstić information content (AvgIpc) is 2.80. The Hall–Kier alpha value is -2.45. The first-order chi connectivity index (χ1) is 16.1. The predicted octanol–water partition coefficient (Wildman–Crippen LogP) is 0.398. The normalized spacial score (nSPS) is 13.9. The van der Waals surface area contributed by atoms with Crippen LogP contribution in [0.3, 0.4) is 0 Å². The molecule has 1 aromatic carbocycles. The fourth-order valence-corrected chi connectivity index (χ4v) is 4.91. The van der Waals surface area contributed by atoms with Crippen LogP contribution >= 0.6 is 0 Å². The molecule has 1 saturated heterocycles.